The van der Waals surface area contributed by atoms with Gasteiger partial charge in [0.1, 0.15) is 5.00 Å². The van der Waals surface area contributed by atoms with Crippen molar-refractivity contribution in [2.75, 3.05) is 11.9 Å². The highest BCUT2D eigenvalue weighted by molar-refractivity contribution is 7.18. The Kier molecular flexibility index (Phi) is 5.27. The number of ether oxygens (including phenoxy) is 1. The zero-order valence-corrected chi connectivity index (χ0v) is 15.9. The fraction of sp³-hybridized carbons (Fsp3) is 0.412. The van der Waals surface area contributed by atoms with Crippen molar-refractivity contribution in [2.24, 2.45) is 5.92 Å². The molecule has 0 aliphatic heterocycles. The molecule has 0 aromatic carbocycles. The minimum Gasteiger partial charge on any atom is -0.462 e. The SMILES string of the molecule is CCOC(=O)c1c(NC(=O)c2ccc(Cl)s2)sc2c1CC[C@H](C)C2. The van der Waals surface area contributed by atoms with Gasteiger partial charge < -0.3 is 10.1 Å². The molecule has 1 aliphatic rings. The van der Waals surface area contributed by atoms with Gasteiger partial charge in [-0.15, -0.1) is 22.7 Å². The number of halogens is 1. The van der Waals surface area contributed by atoms with E-state index < -0.39 is 0 Å². The summed E-state index contributed by atoms with van der Waals surface area (Å²) >= 11 is 8.60. The van der Waals surface area contributed by atoms with Crippen LogP contribution in [0.5, 0.6) is 0 Å². The zero-order valence-electron chi connectivity index (χ0n) is 13.5. The number of rotatable bonds is 4. The molecule has 0 bridgehead atoms. The number of nitrogens with one attached hydrogen (secondary N) is 1. The maximum Gasteiger partial charge on any atom is 0.341 e. The highest BCUT2D eigenvalue weighted by atomic mass is 35.5. The van der Waals surface area contributed by atoms with Crippen LogP contribution in [0.3, 0.4) is 0 Å². The van der Waals surface area contributed by atoms with E-state index in [4.69, 9.17) is 16.3 Å². The molecule has 0 unspecified atom stereocenters. The molecule has 1 atom stereocenters. The molecule has 2 aromatic rings. The van der Waals surface area contributed by atoms with Gasteiger partial charge in [0.15, 0.2) is 0 Å². The van der Waals surface area contributed by atoms with Gasteiger partial charge in [0.05, 0.1) is 21.4 Å². The lowest BCUT2D eigenvalue weighted by atomic mass is 9.88. The molecule has 128 valence electrons. The number of hydrogen-bond acceptors (Lipinski definition) is 5. The van der Waals surface area contributed by atoms with E-state index >= 15 is 0 Å². The van der Waals surface area contributed by atoms with Crippen molar-refractivity contribution in [1.82, 2.24) is 0 Å². The van der Waals surface area contributed by atoms with Gasteiger partial charge in [0.25, 0.3) is 5.91 Å². The molecule has 7 heteroatoms. The summed E-state index contributed by atoms with van der Waals surface area (Å²) in [6, 6.07) is 3.37. The molecule has 24 heavy (non-hydrogen) atoms. The number of carbonyl (C=O) groups is 2. The van der Waals surface area contributed by atoms with Crippen molar-refractivity contribution in [2.45, 2.75) is 33.1 Å². The maximum atomic E-state index is 12.4. The fourth-order valence-electron chi connectivity index (χ4n) is 2.86. The predicted octanol–water partition coefficient (Wildman–Crippen LogP) is 5.02. The van der Waals surface area contributed by atoms with E-state index in [1.54, 1.807) is 19.1 Å². The van der Waals surface area contributed by atoms with E-state index in [1.165, 1.54) is 27.6 Å². The second-order valence-corrected chi connectivity index (χ2v) is 8.65. The molecule has 0 saturated carbocycles. The van der Waals surface area contributed by atoms with E-state index in [2.05, 4.69) is 12.2 Å². The largest absolute Gasteiger partial charge is 0.462 e. The molecular formula is C17H18ClNO3S2. The number of carbonyl (C=O) groups excluding carboxylic acids is 2. The van der Waals surface area contributed by atoms with Gasteiger partial charge in [-0.05, 0) is 49.8 Å². The standard InChI is InChI=1S/C17H18ClNO3S2/c1-3-22-17(21)14-10-5-4-9(2)8-12(10)24-16(14)19-15(20)11-6-7-13(18)23-11/h6-7,9H,3-5,8H2,1-2H3,(H,19,20)/t9-/m0/s1. The molecule has 4 nitrogen and oxygen atoms in total. The van der Waals surface area contributed by atoms with E-state index in [1.807, 2.05) is 0 Å². The Labute approximate surface area is 153 Å². The molecule has 2 aromatic heterocycles. The average molecular weight is 384 g/mol. The van der Waals surface area contributed by atoms with Crippen LogP contribution in [0.15, 0.2) is 12.1 Å². The monoisotopic (exact) mass is 383 g/mol. The van der Waals surface area contributed by atoms with Crippen LogP contribution in [-0.2, 0) is 17.6 Å². The van der Waals surface area contributed by atoms with Gasteiger partial charge in [-0.3, -0.25) is 4.79 Å². The highest BCUT2D eigenvalue weighted by Crippen LogP contribution is 2.40. The van der Waals surface area contributed by atoms with Crippen LogP contribution < -0.4 is 5.32 Å². The third kappa shape index (κ3) is 3.50. The quantitative estimate of drug-likeness (QED) is 0.754. The molecule has 1 N–H and O–H groups in total. The number of thiophene rings is 2. The van der Waals surface area contributed by atoms with Crippen LogP contribution in [0, 0.1) is 5.92 Å². The van der Waals surface area contributed by atoms with Crippen molar-refractivity contribution in [3.05, 3.63) is 37.4 Å². The molecule has 0 saturated heterocycles. The molecule has 0 spiro atoms. The number of amides is 1. The molecule has 1 aliphatic carbocycles. The highest BCUT2D eigenvalue weighted by Gasteiger charge is 2.29. The van der Waals surface area contributed by atoms with Gasteiger partial charge in [-0.1, -0.05) is 18.5 Å². The van der Waals surface area contributed by atoms with Crippen molar-refractivity contribution in [1.29, 1.82) is 0 Å². The van der Waals surface area contributed by atoms with Gasteiger partial charge >= 0.3 is 5.97 Å². The van der Waals surface area contributed by atoms with E-state index in [9.17, 15) is 9.59 Å². The first-order valence-electron chi connectivity index (χ1n) is 7.88. The Morgan fingerprint density at radius 3 is 2.83 bits per heavy atom. The number of anilines is 1. The van der Waals surface area contributed by atoms with Crippen LogP contribution in [0.4, 0.5) is 5.00 Å². The number of fused-ring (bicyclic) bond motifs is 1. The Morgan fingerprint density at radius 2 is 2.17 bits per heavy atom. The summed E-state index contributed by atoms with van der Waals surface area (Å²) in [5, 5.41) is 3.47. The molecular weight excluding hydrogens is 366 g/mol. The Bertz CT molecular complexity index is 781. The maximum absolute atomic E-state index is 12.4. The van der Waals surface area contributed by atoms with E-state index in [-0.39, 0.29) is 11.9 Å². The Hall–Kier alpha value is -1.37. The van der Waals surface area contributed by atoms with Gasteiger partial charge in [-0.2, -0.15) is 0 Å². The second kappa shape index (κ2) is 7.25. The summed E-state index contributed by atoms with van der Waals surface area (Å²) < 4.78 is 5.77. The number of esters is 1. The van der Waals surface area contributed by atoms with Crippen LogP contribution in [-0.4, -0.2) is 18.5 Å². The van der Waals surface area contributed by atoms with Gasteiger partial charge in [0, 0.05) is 4.88 Å². The second-order valence-electron chi connectivity index (χ2n) is 5.83. The first-order valence-corrected chi connectivity index (χ1v) is 9.89. The number of hydrogen-bond donors (Lipinski definition) is 1. The topological polar surface area (TPSA) is 55.4 Å². The zero-order chi connectivity index (χ0) is 17.3. The molecule has 0 radical (unpaired) electrons. The molecule has 2 heterocycles. The smallest absolute Gasteiger partial charge is 0.341 e. The minimum absolute atomic E-state index is 0.246. The first-order chi connectivity index (χ1) is 11.5. The van der Waals surface area contributed by atoms with Gasteiger partial charge in [0.2, 0.25) is 0 Å². The fourth-order valence-corrected chi connectivity index (χ4v) is 5.19. The average Bonchev–Trinajstić information content (AvgIpc) is 3.10. The van der Waals surface area contributed by atoms with E-state index in [0.29, 0.717) is 32.3 Å². The van der Waals surface area contributed by atoms with Crippen LogP contribution in [0.25, 0.3) is 0 Å². The lowest BCUT2D eigenvalue weighted by molar-refractivity contribution is 0.0526. The van der Waals surface area contributed by atoms with Crippen molar-refractivity contribution >= 4 is 51.2 Å². The van der Waals surface area contributed by atoms with Crippen LogP contribution >= 0.6 is 34.3 Å². The van der Waals surface area contributed by atoms with Gasteiger partial charge in [-0.25, -0.2) is 4.79 Å². The minimum atomic E-state index is -0.357. The third-order valence-electron chi connectivity index (χ3n) is 4.02. The van der Waals surface area contributed by atoms with Crippen molar-refractivity contribution in [3.63, 3.8) is 0 Å². The van der Waals surface area contributed by atoms with Crippen molar-refractivity contribution in [3.8, 4) is 0 Å². The molecule has 0 fully saturated rings. The lowest BCUT2D eigenvalue weighted by Crippen LogP contribution is -2.16. The third-order valence-corrected chi connectivity index (χ3v) is 6.41. The summed E-state index contributed by atoms with van der Waals surface area (Å²) in [6.45, 7) is 4.30. The molecule has 1 amide bonds. The van der Waals surface area contributed by atoms with Crippen LogP contribution in [0.2, 0.25) is 4.34 Å². The summed E-state index contributed by atoms with van der Waals surface area (Å²) in [6.07, 6.45) is 2.83. The first kappa shape index (κ1) is 17.5. The normalized spacial score (nSPS) is 16.5. The summed E-state index contributed by atoms with van der Waals surface area (Å²) in [5.41, 5.74) is 1.57. The predicted molar refractivity (Wildman–Crippen MR) is 98.7 cm³/mol. The van der Waals surface area contributed by atoms with E-state index in [0.717, 1.165) is 24.8 Å². The molecule has 3 rings (SSSR count). The summed E-state index contributed by atoms with van der Waals surface area (Å²) in [7, 11) is 0. The summed E-state index contributed by atoms with van der Waals surface area (Å²) in [4.78, 5) is 26.5. The Morgan fingerprint density at radius 1 is 1.38 bits per heavy atom. The summed E-state index contributed by atoms with van der Waals surface area (Å²) in [5.74, 6) is -0.0148. The van der Waals surface area contributed by atoms with Crippen molar-refractivity contribution < 1.29 is 14.3 Å². The Balaban J connectivity index is 1.94. The van der Waals surface area contributed by atoms with Crippen LogP contribution in [0.1, 0.15) is 50.7 Å². The lowest BCUT2D eigenvalue weighted by Gasteiger charge is -2.18.